The molecule has 0 unspecified atom stereocenters. The fraction of sp³-hybridized carbons (Fsp3) is 0.375. The largest absolute Gasteiger partial charge is 0.340 e. The van der Waals surface area contributed by atoms with Gasteiger partial charge in [-0.2, -0.15) is 0 Å². The van der Waals surface area contributed by atoms with E-state index in [2.05, 4.69) is 11.9 Å². The molecule has 31 heavy (non-hydrogen) atoms. The van der Waals surface area contributed by atoms with Crippen molar-refractivity contribution in [3.63, 3.8) is 0 Å². The van der Waals surface area contributed by atoms with Crippen LogP contribution in [0.5, 0.6) is 0 Å². The molecular weight excluding hydrogens is 392 g/mol. The SMILES string of the molecule is CN1CCN(C(=O)CCCN2C(=O)c3ccccc3N3C(=O)c4ccccc4[C@@H]23)CC1. The first kappa shape index (κ1) is 19.8. The Morgan fingerprint density at radius 1 is 0.903 bits per heavy atom. The summed E-state index contributed by atoms with van der Waals surface area (Å²) < 4.78 is 0. The monoisotopic (exact) mass is 418 g/mol. The number of anilines is 1. The fourth-order valence-electron chi connectivity index (χ4n) is 4.81. The van der Waals surface area contributed by atoms with Gasteiger partial charge in [0.2, 0.25) is 5.91 Å². The second-order valence-corrected chi connectivity index (χ2v) is 8.44. The Hall–Kier alpha value is -3.19. The first-order valence-electron chi connectivity index (χ1n) is 10.8. The Labute approximate surface area is 181 Å². The minimum atomic E-state index is -0.454. The Balaban J connectivity index is 1.37. The number of benzene rings is 2. The van der Waals surface area contributed by atoms with Crippen molar-refractivity contribution in [3.05, 3.63) is 65.2 Å². The zero-order chi connectivity index (χ0) is 21.5. The van der Waals surface area contributed by atoms with E-state index in [0.29, 0.717) is 36.2 Å². The second-order valence-electron chi connectivity index (χ2n) is 8.44. The van der Waals surface area contributed by atoms with E-state index in [1.165, 1.54) is 0 Å². The lowest BCUT2D eigenvalue weighted by molar-refractivity contribution is -0.132. The number of hydrogen-bond acceptors (Lipinski definition) is 4. The molecule has 3 heterocycles. The van der Waals surface area contributed by atoms with Gasteiger partial charge in [0.25, 0.3) is 11.8 Å². The number of rotatable bonds is 4. The van der Waals surface area contributed by atoms with E-state index >= 15 is 0 Å². The van der Waals surface area contributed by atoms with Crippen molar-refractivity contribution >= 4 is 23.4 Å². The van der Waals surface area contributed by atoms with E-state index < -0.39 is 6.17 Å². The Bertz CT molecular complexity index is 1040. The summed E-state index contributed by atoms with van der Waals surface area (Å²) >= 11 is 0. The van der Waals surface area contributed by atoms with E-state index in [1.54, 1.807) is 15.9 Å². The number of carbonyl (C=O) groups excluding carboxylic acids is 3. The highest BCUT2D eigenvalue weighted by Gasteiger charge is 2.47. The molecule has 1 fully saturated rings. The molecule has 0 aliphatic carbocycles. The third-order valence-electron chi connectivity index (χ3n) is 6.53. The lowest BCUT2D eigenvalue weighted by Gasteiger charge is -2.41. The summed E-state index contributed by atoms with van der Waals surface area (Å²) in [5.74, 6) is -0.0369. The maximum Gasteiger partial charge on any atom is 0.260 e. The summed E-state index contributed by atoms with van der Waals surface area (Å²) in [7, 11) is 2.06. The van der Waals surface area contributed by atoms with Crippen LogP contribution >= 0.6 is 0 Å². The highest BCUT2D eigenvalue weighted by atomic mass is 16.2. The van der Waals surface area contributed by atoms with Gasteiger partial charge in [0, 0.05) is 50.3 Å². The van der Waals surface area contributed by atoms with Gasteiger partial charge in [-0.3, -0.25) is 19.3 Å². The molecule has 0 saturated carbocycles. The number of likely N-dealkylation sites (N-methyl/N-ethyl adjacent to an activating group) is 1. The summed E-state index contributed by atoms with van der Waals surface area (Å²) in [6, 6.07) is 14.8. The Morgan fingerprint density at radius 3 is 2.35 bits per heavy atom. The molecule has 0 bridgehead atoms. The summed E-state index contributed by atoms with van der Waals surface area (Å²) in [5.41, 5.74) is 2.67. The Kier molecular flexibility index (Phi) is 4.98. The summed E-state index contributed by atoms with van der Waals surface area (Å²) in [6.45, 7) is 3.72. The van der Waals surface area contributed by atoms with Gasteiger partial charge in [-0.25, -0.2) is 0 Å². The number of piperazine rings is 1. The van der Waals surface area contributed by atoms with Gasteiger partial charge in [0.15, 0.2) is 0 Å². The van der Waals surface area contributed by atoms with Crippen molar-refractivity contribution in [3.8, 4) is 0 Å². The van der Waals surface area contributed by atoms with Gasteiger partial charge in [0.05, 0.1) is 11.3 Å². The molecule has 3 aliphatic heterocycles. The number of carbonyl (C=O) groups is 3. The lowest BCUT2D eigenvalue weighted by Crippen LogP contribution is -2.49. The average molecular weight is 418 g/mol. The first-order chi connectivity index (χ1) is 15.1. The van der Waals surface area contributed by atoms with Gasteiger partial charge in [0.1, 0.15) is 6.17 Å². The number of nitrogens with zero attached hydrogens (tertiary/aromatic N) is 4. The van der Waals surface area contributed by atoms with Gasteiger partial charge in [-0.15, -0.1) is 0 Å². The van der Waals surface area contributed by atoms with Crippen LogP contribution in [0.2, 0.25) is 0 Å². The van der Waals surface area contributed by atoms with Crippen LogP contribution in [0.25, 0.3) is 0 Å². The molecule has 160 valence electrons. The van der Waals surface area contributed by atoms with Crippen molar-refractivity contribution in [2.75, 3.05) is 44.7 Å². The minimum absolute atomic E-state index is 0.0842. The average Bonchev–Trinajstić information content (AvgIpc) is 3.09. The molecule has 7 heteroatoms. The number of hydrogen-bond donors (Lipinski definition) is 0. The molecular formula is C24H26N4O3. The topological polar surface area (TPSA) is 64.2 Å². The molecule has 5 rings (SSSR count). The van der Waals surface area contributed by atoms with Gasteiger partial charge < -0.3 is 14.7 Å². The standard InChI is InChI=1S/C24H26N4O3/c1-25-13-15-26(16-14-25)21(29)11-6-12-27-22-17-7-2-3-8-18(17)24(31)28(22)20-10-5-4-9-19(20)23(27)30/h2-5,7-10,22H,6,11-16H2,1H3/t22-/m0/s1. The minimum Gasteiger partial charge on any atom is -0.340 e. The first-order valence-corrected chi connectivity index (χ1v) is 10.8. The second kappa shape index (κ2) is 7.81. The van der Waals surface area contributed by atoms with E-state index in [-0.39, 0.29) is 17.7 Å². The quantitative estimate of drug-likeness (QED) is 0.765. The van der Waals surface area contributed by atoms with Crippen molar-refractivity contribution in [2.24, 2.45) is 0 Å². The van der Waals surface area contributed by atoms with Gasteiger partial charge >= 0.3 is 0 Å². The number of amides is 3. The molecule has 3 amide bonds. The Morgan fingerprint density at radius 2 is 1.58 bits per heavy atom. The molecule has 2 aromatic carbocycles. The van der Waals surface area contributed by atoms with Crippen LogP contribution in [-0.4, -0.2) is 72.2 Å². The summed E-state index contributed by atoms with van der Waals surface area (Å²) in [5, 5.41) is 0. The predicted molar refractivity (Wildman–Crippen MR) is 117 cm³/mol. The van der Waals surface area contributed by atoms with E-state index in [0.717, 1.165) is 31.7 Å². The highest BCUT2D eigenvalue weighted by molar-refractivity contribution is 6.16. The maximum absolute atomic E-state index is 13.4. The van der Waals surface area contributed by atoms with Crippen LogP contribution in [0.4, 0.5) is 5.69 Å². The van der Waals surface area contributed by atoms with Crippen LogP contribution in [0.1, 0.15) is 45.3 Å². The van der Waals surface area contributed by atoms with Crippen LogP contribution in [0, 0.1) is 0 Å². The molecule has 7 nitrogen and oxygen atoms in total. The smallest absolute Gasteiger partial charge is 0.260 e. The molecule has 1 saturated heterocycles. The lowest BCUT2D eigenvalue weighted by atomic mass is 10.0. The van der Waals surface area contributed by atoms with Crippen LogP contribution in [-0.2, 0) is 4.79 Å². The zero-order valence-electron chi connectivity index (χ0n) is 17.7. The third kappa shape index (κ3) is 3.29. The molecule has 2 aromatic rings. The maximum atomic E-state index is 13.4. The van der Waals surface area contributed by atoms with Crippen molar-refractivity contribution in [2.45, 2.75) is 19.0 Å². The molecule has 3 aliphatic rings. The number of para-hydroxylation sites is 1. The molecule has 0 N–H and O–H groups in total. The van der Waals surface area contributed by atoms with Crippen molar-refractivity contribution < 1.29 is 14.4 Å². The van der Waals surface area contributed by atoms with Gasteiger partial charge in [-0.05, 0) is 31.7 Å². The van der Waals surface area contributed by atoms with E-state index in [4.69, 9.17) is 0 Å². The third-order valence-corrected chi connectivity index (χ3v) is 6.53. The predicted octanol–water partition coefficient (Wildman–Crippen LogP) is 2.36. The van der Waals surface area contributed by atoms with Gasteiger partial charge in [-0.1, -0.05) is 30.3 Å². The van der Waals surface area contributed by atoms with E-state index in [1.807, 2.05) is 47.4 Å². The molecule has 0 radical (unpaired) electrons. The number of fused-ring (bicyclic) bond motifs is 5. The van der Waals surface area contributed by atoms with E-state index in [9.17, 15) is 14.4 Å². The normalized spacial score (nSPS) is 20.5. The van der Waals surface area contributed by atoms with Crippen molar-refractivity contribution in [1.29, 1.82) is 0 Å². The van der Waals surface area contributed by atoms with Crippen LogP contribution in [0.3, 0.4) is 0 Å². The van der Waals surface area contributed by atoms with Crippen LogP contribution < -0.4 is 4.90 Å². The highest BCUT2D eigenvalue weighted by Crippen LogP contribution is 2.45. The van der Waals surface area contributed by atoms with Crippen LogP contribution in [0.15, 0.2) is 48.5 Å². The molecule has 1 atom stereocenters. The summed E-state index contributed by atoms with van der Waals surface area (Å²) in [6.07, 6.45) is 0.516. The fourth-order valence-corrected chi connectivity index (χ4v) is 4.81. The van der Waals surface area contributed by atoms with Crippen molar-refractivity contribution in [1.82, 2.24) is 14.7 Å². The molecule has 0 aromatic heterocycles. The summed E-state index contributed by atoms with van der Waals surface area (Å²) in [4.78, 5) is 46.8. The zero-order valence-corrected chi connectivity index (χ0v) is 17.7. The molecule has 0 spiro atoms.